The Morgan fingerprint density at radius 2 is 0.923 bits per heavy atom. The van der Waals surface area contributed by atoms with Crippen LogP contribution in [0.1, 0.15) is 41.4 Å². The molecule has 0 saturated carbocycles. The Labute approximate surface area is 234 Å². The Hall–Kier alpha value is -4.86. The van der Waals surface area contributed by atoms with Gasteiger partial charge in [0.2, 0.25) is 0 Å². The van der Waals surface area contributed by atoms with Gasteiger partial charge < -0.3 is 19.3 Å². The quantitative estimate of drug-likeness (QED) is 0.287. The predicted molar refractivity (Wildman–Crippen MR) is 133 cm³/mol. The zero-order valence-corrected chi connectivity index (χ0v) is 21.7. The van der Waals surface area contributed by atoms with Gasteiger partial charge in [0, 0.05) is 61.1 Å². The van der Waals surface area contributed by atoms with Crippen LogP contribution in [0.25, 0.3) is 0 Å². The van der Waals surface area contributed by atoms with E-state index in [1.165, 1.54) is 12.1 Å². The van der Waals surface area contributed by atoms with Crippen molar-refractivity contribution >= 4 is 23.1 Å². The van der Waals surface area contributed by atoms with Crippen molar-refractivity contribution < 1.29 is 46.5 Å². The number of imidazole rings is 2. The third kappa shape index (κ3) is 8.06. The normalized spacial score (nSPS) is 12.9. The molecular formula is C28H22CuN4O6. The molecular weight excluding hydrogens is 552 g/mol. The molecule has 2 aromatic carbocycles. The summed E-state index contributed by atoms with van der Waals surface area (Å²) >= 11 is 0. The fourth-order valence-electron chi connectivity index (χ4n) is 3.23. The van der Waals surface area contributed by atoms with E-state index in [0.717, 1.165) is 12.2 Å². The third-order valence-electron chi connectivity index (χ3n) is 5.12. The Balaban J connectivity index is 0.000000192. The average Bonchev–Trinajstić information content (AvgIpc) is 3.60. The topological polar surface area (TPSA) is 150 Å². The van der Waals surface area contributed by atoms with Gasteiger partial charge in [-0.2, -0.15) is 0 Å². The monoisotopic (exact) mass is 573 g/mol. The largest absolute Gasteiger partial charge is 2.00 e. The Bertz CT molecular complexity index is 1410. The van der Waals surface area contributed by atoms with E-state index in [4.69, 9.17) is 0 Å². The van der Waals surface area contributed by atoms with Gasteiger partial charge >= 0.3 is 17.1 Å². The Kier molecular flexibility index (Phi) is 11.0. The van der Waals surface area contributed by atoms with E-state index < -0.39 is 23.1 Å². The van der Waals surface area contributed by atoms with Crippen molar-refractivity contribution in [3.63, 3.8) is 0 Å². The Morgan fingerprint density at radius 3 is 1.18 bits per heavy atom. The number of hydrogen-bond donors (Lipinski definition) is 0. The maximum absolute atomic E-state index is 11.2. The van der Waals surface area contributed by atoms with Crippen molar-refractivity contribution in [1.29, 1.82) is 0 Å². The van der Waals surface area contributed by atoms with Gasteiger partial charge in [0.1, 0.15) is 0 Å². The summed E-state index contributed by atoms with van der Waals surface area (Å²) in [5.41, 5.74) is 1.04. The van der Waals surface area contributed by atoms with Crippen LogP contribution in [0.2, 0.25) is 0 Å². The summed E-state index contributed by atoms with van der Waals surface area (Å²) in [4.78, 5) is 52.5. The summed E-state index contributed by atoms with van der Waals surface area (Å²) in [6, 6.07) is 12.6. The molecule has 2 heterocycles. The molecule has 6 rings (SSSR count). The molecule has 0 saturated heterocycles. The standard InChI is InChI=1S/2C10H6O3.2C4H6N2.Cu/c2*11-8-5-9(12)10(13)7-4-2-1-3-6(7)8;2*1-6-3-2-5-4-6;/h2*1-5,12H;2*2-4H,1H3;/q;;;;+2/p-2. The van der Waals surface area contributed by atoms with Crippen LogP contribution in [0.3, 0.4) is 0 Å². The second-order valence-electron chi connectivity index (χ2n) is 7.95. The molecule has 0 amide bonds. The maximum atomic E-state index is 11.2. The number of ketones is 4. The summed E-state index contributed by atoms with van der Waals surface area (Å²) in [5.74, 6) is -3.45. The van der Waals surface area contributed by atoms with Gasteiger partial charge in [-0.3, -0.25) is 19.2 Å². The van der Waals surface area contributed by atoms with Crippen LogP contribution in [0.15, 0.2) is 110 Å². The maximum Gasteiger partial charge on any atom is 2.00 e. The van der Waals surface area contributed by atoms with Gasteiger partial charge in [-0.05, 0) is 12.2 Å². The molecule has 2 aliphatic rings. The minimum atomic E-state index is -0.733. The molecule has 2 aromatic heterocycles. The summed E-state index contributed by atoms with van der Waals surface area (Å²) in [7, 11) is 3.88. The molecule has 39 heavy (non-hydrogen) atoms. The molecule has 4 aromatic rings. The summed E-state index contributed by atoms with van der Waals surface area (Å²) < 4.78 is 3.78. The van der Waals surface area contributed by atoms with Crippen molar-refractivity contribution in [1.82, 2.24) is 19.1 Å². The van der Waals surface area contributed by atoms with Gasteiger partial charge in [-0.15, -0.1) is 0 Å². The predicted octanol–water partition coefficient (Wildman–Crippen LogP) is 1.46. The molecule has 0 spiro atoms. The van der Waals surface area contributed by atoms with E-state index in [-0.39, 0.29) is 39.8 Å². The minimum Gasteiger partial charge on any atom is -0.870 e. The second kappa shape index (κ2) is 14.2. The van der Waals surface area contributed by atoms with Gasteiger partial charge in [0.25, 0.3) is 0 Å². The van der Waals surface area contributed by atoms with E-state index in [0.29, 0.717) is 11.1 Å². The molecule has 201 valence electrons. The minimum absolute atomic E-state index is 0. The smallest absolute Gasteiger partial charge is 0.870 e. The van der Waals surface area contributed by atoms with Crippen LogP contribution in [-0.2, 0) is 31.2 Å². The number of carbonyl (C=O) groups excluding carboxylic acids is 4. The van der Waals surface area contributed by atoms with Gasteiger partial charge in [0.05, 0.1) is 12.7 Å². The molecule has 0 fully saturated rings. The van der Waals surface area contributed by atoms with Crippen LogP contribution >= 0.6 is 0 Å². The molecule has 0 atom stereocenters. The molecule has 0 unspecified atom stereocenters. The van der Waals surface area contributed by atoms with Crippen molar-refractivity contribution in [3.05, 3.63) is 132 Å². The number of carbonyl (C=O) groups is 4. The second-order valence-corrected chi connectivity index (χ2v) is 7.95. The molecule has 11 heteroatoms. The van der Waals surface area contributed by atoms with Crippen LogP contribution < -0.4 is 10.2 Å². The van der Waals surface area contributed by atoms with E-state index in [1.807, 2.05) is 35.6 Å². The first-order valence-electron chi connectivity index (χ1n) is 11.2. The van der Waals surface area contributed by atoms with Crippen molar-refractivity contribution in [2.24, 2.45) is 14.1 Å². The van der Waals surface area contributed by atoms with E-state index in [9.17, 15) is 29.4 Å². The Morgan fingerprint density at radius 1 is 0.590 bits per heavy atom. The number of hydrogen-bond acceptors (Lipinski definition) is 8. The van der Waals surface area contributed by atoms with Crippen molar-refractivity contribution in [3.8, 4) is 0 Å². The number of Topliss-reactive ketones (excluding diaryl/α,β-unsaturated/α-hetero) is 2. The van der Waals surface area contributed by atoms with Gasteiger partial charge in [-0.1, -0.05) is 60.0 Å². The number of fused-ring (bicyclic) bond motifs is 2. The average molecular weight is 574 g/mol. The summed E-state index contributed by atoms with van der Waals surface area (Å²) in [6.45, 7) is 0. The SMILES string of the molecule is Cn1ccnc1.Cn1ccnc1.O=C1C=C([O-])C(=O)c2ccccc21.O=C1C=C([O-])C(=O)c2ccccc21.[Cu+2]. The molecule has 10 nitrogen and oxygen atoms in total. The third-order valence-corrected chi connectivity index (χ3v) is 5.12. The number of allylic oxidation sites excluding steroid dienone is 4. The van der Waals surface area contributed by atoms with Crippen LogP contribution in [-0.4, -0.2) is 42.2 Å². The van der Waals surface area contributed by atoms with Crippen LogP contribution in [0.5, 0.6) is 0 Å². The van der Waals surface area contributed by atoms with Crippen molar-refractivity contribution in [2.75, 3.05) is 0 Å². The summed E-state index contributed by atoms with van der Waals surface area (Å²) in [5, 5.41) is 21.9. The fraction of sp³-hybridized carbons (Fsp3) is 0.0714. The first-order chi connectivity index (χ1) is 18.2. The molecule has 1 radical (unpaired) electrons. The first-order valence-corrected chi connectivity index (χ1v) is 11.2. The molecule has 0 bridgehead atoms. The van der Waals surface area contributed by atoms with Gasteiger partial charge in [-0.25, -0.2) is 9.97 Å². The number of aromatic nitrogens is 4. The first kappa shape index (κ1) is 30.4. The zero-order chi connectivity index (χ0) is 27.7. The fourth-order valence-corrected chi connectivity index (χ4v) is 3.23. The van der Waals surface area contributed by atoms with E-state index in [2.05, 4.69) is 9.97 Å². The van der Waals surface area contributed by atoms with E-state index >= 15 is 0 Å². The van der Waals surface area contributed by atoms with Gasteiger partial charge in [0.15, 0.2) is 23.1 Å². The number of aryl methyl sites for hydroxylation is 2. The number of benzene rings is 2. The van der Waals surface area contributed by atoms with Crippen molar-refractivity contribution in [2.45, 2.75) is 0 Å². The number of nitrogens with zero attached hydrogens (tertiary/aromatic N) is 4. The molecule has 0 aliphatic heterocycles. The zero-order valence-electron chi connectivity index (χ0n) is 20.8. The van der Waals surface area contributed by atoms with Crippen LogP contribution in [0, 0.1) is 0 Å². The van der Waals surface area contributed by atoms with E-state index in [1.54, 1.807) is 61.4 Å². The molecule has 2 aliphatic carbocycles. The summed E-state index contributed by atoms with van der Waals surface area (Å²) in [6.07, 6.45) is 12.5. The number of rotatable bonds is 0. The van der Waals surface area contributed by atoms with Crippen LogP contribution in [0.4, 0.5) is 0 Å². The molecule has 0 N–H and O–H groups in total.